The van der Waals surface area contributed by atoms with Crippen LogP contribution >= 0.6 is 0 Å². The van der Waals surface area contributed by atoms with Gasteiger partial charge in [-0.1, -0.05) is 26.0 Å². The summed E-state index contributed by atoms with van der Waals surface area (Å²) in [6, 6.07) is 8.55. The highest BCUT2D eigenvalue weighted by Gasteiger charge is 2.38. The molecule has 0 unspecified atom stereocenters. The van der Waals surface area contributed by atoms with E-state index in [0.29, 0.717) is 42.6 Å². The summed E-state index contributed by atoms with van der Waals surface area (Å²) in [7, 11) is 0. The van der Waals surface area contributed by atoms with Gasteiger partial charge >= 0.3 is 12.2 Å². The van der Waals surface area contributed by atoms with Crippen LogP contribution in [0.2, 0.25) is 0 Å². The summed E-state index contributed by atoms with van der Waals surface area (Å²) in [5.41, 5.74) is 1.70. The number of urea groups is 1. The van der Waals surface area contributed by atoms with Crippen molar-refractivity contribution >= 4 is 28.9 Å². The summed E-state index contributed by atoms with van der Waals surface area (Å²) in [6.07, 6.45) is -1.49. The van der Waals surface area contributed by atoms with E-state index in [1.807, 2.05) is 26.8 Å². The lowest BCUT2D eigenvalue weighted by atomic mass is 9.83. The zero-order valence-electron chi connectivity index (χ0n) is 19.9. The molecule has 0 saturated carbocycles. The molecule has 0 spiro atoms. The summed E-state index contributed by atoms with van der Waals surface area (Å²) < 4.78 is 46.0. The number of alkyl halides is 3. The van der Waals surface area contributed by atoms with Crippen LogP contribution < -0.4 is 20.3 Å². The Balaban J connectivity index is 1.69. The summed E-state index contributed by atoms with van der Waals surface area (Å²) in [6.45, 7) is 6.47. The highest BCUT2D eigenvalue weighted by atomic mass is 19.4. The molecule has 2 N–H and O–H groups in total. The molecule has 0 aliphatic carbocycles. The number of anilines is 2. The number of amides is 3. The zero-order valence-corrected chi connectivity index (χ0v) is 19.9. The molecule has 0 fully saturated rings. The highest BCUT2D eigenvalue weighted by Crippen LogP contribution is 2.45. The molecular formula is C26H28F3N3O3. The Hall–Kier alpha value is -3.49. The molecule has 35 heavy (non-hydrogen) atoms. The number of rotatable bonds is 5. The largest absolute Gasteiger partial charge is 0.486 e. The molecular weight excluding hydrogens is 459 g/mol. The quantitative estimate of drug-likeness (QED) is 0.500. The first-order valence-electron chi connectivity index (χ1n) is 11.7. The Morgan fingerprint density at radius 2 is 1.94 bits per heavy atom. The average Bonchev–Trinajstić information content (AvgIpc) is 2.83. The van der Waals surface area contributed by atoms with Crippen LogP contribution in [0, 0.1) is 0 Å². The van der Waals surface area contributed by atoms with Gasteiger partial charge in [-0.15, -0.1) is 0 Å². The number of carbonyl (C=O) groups is 2. The van der Waals surface area contributed by atoms with Crippen molar-refractivity contribution in [1.82, 2.24) is 5.32 Å². The first-order valence-corrected chi connectivity index (χ1v) is 11.7. The second-order valence-electron chi connectivity index (χ2n) is 8.74. The molecule has 2 aromatic rings. The molecule has 0 atom stereocenters. The molecule has 2 aliphatic heterocycles. The third-order valence-electron chi connectivity index (χ3n) is 6.77. The lowest BCUT2D eigenvalue weighted by molar-refractivity contribution is -0.137. The average molecular weight is 488 g/mol. The third-order valence-corrected chi connectivity index (χ3v) is 6.77. The number of nitrogens with zero attached hydrogens (tertiary/aromatic N) is 1. The van der Waals surface area contributed by atoms with Crippen molar-refractivity contribution in [2.24, 2.45) is 0 Å². The monoisotopic (exact) mass is 487 g/mol. The van der Waals surface area contributed by atoms with Crippen molar-refractivity contribution < 1.29 is 27.5 Å². The van der Waals surface area contributed by atoms with E-state index in [1.54, 1.807) is 17.0 Å². The van der Waals surface area contributed by atoms with Crippen LogP contribution in [0.25, 0.3) is 5.57 Å². The van der Waals surface area contributed by atoms with Gasteiger partial charge in [-0.3, -0.25) is 9.69 Å². The van der Waals surface area contributed by atoms with Gasteiger partial charge in [0.1, 0.15) is 11.4 Å². The Morgan fingerprint density at radius 3 is 2.60 bits per heavy atom. The van der Waals surface area contributed by atoms with E-state index in [0.717, 1.165) is 23.4 Å². The van der Waals surface area contributed by atoms with Crippen molar-refractivity contribution in [1.29, 1.82) is 0 Å². The summed E-state index contributed by atoms with van der Waals surface area (Å²) >= 11 is 0. The molecule has 0 bridgehead atoms. The standard InChI is InChI=1S/C26H28F3N3O3/c1-4-25(5-2)14-16(18-11-10-17(26(27,28)29)13-22(18)35-25)12-23(33)31-20-8-7-9-21-19(20)15-30-24(34)32(21)6-3/h7-13H,4-6,14-15H2,1-3H3,(H,30,34)(H,31,33). The van der Waals surface area contributed by atoms with Gasteiger partial charge in [-0.2, -0.15) is 13.2 Å². The summed E-state index contributed by atoms with van der Waals surface area (Å²) in [5, 5.41) is 5.70. The second-order valence-corrected chi connectivity index (χ2v) is 8.74. The van der Waals surface area contributed by atoms with Gasteiger partial charge < -0.3 is 15.4 Å². The molecule has 0 saturated heterocycles. The maximum Gasteiger partial charge on any atom is 0.416 e. The Kier molecular flexibility index (Phi) is 6.53. The predicted octanol–water partition coefficient (Wildman–Crippen LogP) is 6.12. The SMILES string of the molecule is CCN1C(=O)NCc2c(NC(=O)C=C3CC(CC)(CC)Oc4cc(C(F)(F)F)ccc43)cccc21. The second kappa shape index (κ2) is 9.28. The molecule has 2 aliphatic rings. The van der Waals surface area contributed by atoms with Crippen molar-refractivity contribution in [2.75, 3.05) is 16.8 Å². The lowest BCUT2D eigenvalue weighted by Gasteiger charge is -2.39. The van der Waals surface area contributed by atoms with Crippen molar-refractivity contribution in [3.05, 3.63) is 59.2 Å². The van der Waals surface area contributed by atoms with E-state index in [4.69, 9.17) is 4.74 Å². The zero-order chi connectivity index (χ0) is 25.4. The van der Waals surface area contributed by atoms with Crippen LogP contribution in [-0.4, -0.2) is 24.1 Å². The maximum absolute atomic E-state index is 13.3. The number of nitrogens with one attached hydrogen (secondary N) is 2. The molecule has 0 aromatic heterocycles. The van der Waals surface area contributed by atoms with Crippen LogP contribution in [0.1, 0.15) is 56.7 Å². The van der Waals surface area contributed by atoms with Crippen molar-refractivity contribution in [3.8, 4) is 5.75 Å². The number of benzene rings is 2. The minimum atomic E-state index is -4.49. The van der Waals surface area contributed by atoms with Gasteiger partial charge in [0.2, 0.25) is 5.91 Å². The maximum atomic E-state index is 13.3. The first-order chi connectivity index (χ1) is 16.6. The first kappa shape index (κ1) is 24.6. The Morgan fingerprint density at radius 1 is 1.20 bits per heavy atom. The number of ether oxygens (including phenoxy) is 1. The number of carbonyl (C=O) groups excluding carboxylic acids is 2. The highest BCUT2D eigenvalue weighted by molar-refractivity contribution is 6.06. The van der Waals surface area contributed by atoms with Crippen LogP contribution in [0.3, 0.4) is 0 Å². The smallest absolute Gasteiger partial charge is 0.416 e. The van der Waals surface area contributed by atoms with E-state index in [9.17, 15) is 22.8 Å². The van der Waals surface area contributed by atoms with Crippen molar-refractivity contribution in [3.63, 3.8) is 0 Å². The fourth-order valence-electron chi connectivity index (χ4n) is 4.67. The van der Waals surface area contributed by atoms with Crippen LogP contribution in [0.4, 0.5) is 29.3 Å². The van der Waals surface area contributed by atoms with Gasteiger partial charge in [0.15, 0.2) is 0 Å². The Labute approximate surface area is 202 Å². The molecule has 4 rings (SSSR count). The summed E-state index contributed by atoms with van der Waals surface area (Å²) in [4.78, 5) is 26.8. The van der Waals surface area contributed by atoms with Gasteiger partial charge in [0.25, 0.3) is 0 Å². The number of hydrogen-bond donors (Lipinski definition) is 2. The predicted molar refractivity (Wildman–Crippen MR) is 128 cm³/mol. The Bertz CT molecular complexity index is 1190. The molecule has 3 amide bonds. The topological polar surface area (TPSA) is 70.7 Å². The fourth-order valence-corrected chi connectivity index (χ4v) is 4.67. The third kappa shape index (κ3) is 4.72. The number of hydrogen-bond acceptors (Lipinski definition) is 3. The van der Waals surface area contributed by atoms with E-state index in [1.165, 1.54) is 12.1 Å². The molecule has 6 nitrogen and oxygen atoms in total. The van der Waals surface area contributed by atoms with Gasteiger partial charge in [-0.05, 0) is 49.6 Å². The fraction of sp³-hybridized carbons (Fsp3) is 0.385. The molecule has 9 heteroatoms. The minimum Gasteiger partial charge on any atom is -0.486 e. The van der Waals surface area contributed by atoms with E-state index < -0.39 is 23.2 Å². The number of halogens is 3. The van der Waals surface area contributed by atoms with E-state index in [2.05, 4.69) is 10.6 Å². The van der Waals surface area contributed by atoms with Gasteiger partial charge in [-0.25, -0.2) is 4.79 Å². The van der Waals surface area contributed by atoms with E-state index in [-0.39, 0.29) is 18.3 Å². The minimum absolute atomic E-state index is 0.132. The van der Waals surface area contributed by atoms with Crippen LogP contribution in [-0.2, 0) is 17.5 Å². The normalized spacial score (nSPS) is 17.8. The summed E-state index contributed by atoms with van der Waals surface area (Å²) in [5.74, 6) is -0.269. The van der Waals surface area contributed by atoms with Crippen LogP contribution in [0.15, 0.2) is 42.5 Å². The molecule has 2 heterocycles. The number of fused-ring (bicyclic) bond motifs is 2. The van der Waals surface area contributed by atoms with E-state index >= 15 is 0 Å². The van der Waals surface area contributed by atoms with Crippen molar-refractivity contribution in [2.45, 2.75) is 58.4 Å². The van der Waals surface area contributed by atoms with Gasteiger partial charge in [0, 0.05) is 42.4 Å². The van der Waals surface area contributed by atoms with Crippen LogP contribution in [0.5, 0.6) is 5.75 Å². The molecule has 0 radical (unpaired) electrons. The lowest BCUT2D eigenvalue weighted by Crippen LogP contribution is -2.44. The molecule has 186 valence electrons. The van der Waals surface area contributed by atoms with Gasteiger partial charge in [0.05, 0.1) is 11.3 Å². The molecule has 2 aromatic carbocycles.